The molecule has 2 aromatic rings. The van der Waals surface area contributed by atoms with Gasteiger partial charge in [-0.15, -0.1) is 0 Å². The van der Waals surface area contributed by atoms with Crippen molar-refractivity contribution in [3.05, 3.63) is 59.5 Å². The van der Waals surface area contributed by atoms with E-state index in [9.17, 15) is 13.2 Å². The van der Waals surface area contributed by atoms with E-state index in [2.05, 4.69) is 0 Å². The second-order valence-corrected chi connectivity index (χ2v) is 3.50. The number of hydrogen-bond acceptors (Lipinski definition) is 1. The SMILES string of the molecule is FC(F)(F)c1ccc(Cc2ccoc2)cc1. The van der Waals surface area contributed by atoms with Crippen LogP contribution in [0.15, 0.2) is 47.3 Å². The fraction of sp³-hybridized carbons (Fsp3) is 0.167. The lowest BCUT2D eigenvalue weighted by molar-refractivity contribution is -0.137. The molecule has 0 aliphatic heterocycles. The average molecular weight is 226 g/mol. The van der Waals surface area contributed by atoms with Crippen molar-refractivity contribution in [1.82, 2.24) is 0 Å². The van der Waals surface area contributed by atoms with Gasteiger partial charge in [-0.05, 0) is 29.3 Å². The van der Waals surface area contributed by atoms with Gasteiger partial charge in [0.25, 0.3) is 0 Å². The molecule has 0 aliphatic rings. The maximum Gasteiger partial charge on any atom is 0.416 e. The molecule has 0 fully saturated rings. The summed E-state index contributed by atoms with van der Waals surface area (Å²) >= 11 is 0. The molecule has 4 heteroatoms. The summed E-state index contributed by atoms with van der Waals surface area (Å²) in [4.78, 5) is 0. The summed E-state index contributed by atoms with van der Waals surface area (Å²) in [5, 5.41) is 0. The lowest BCUT2D eigenvalue weighted by Gasteiger charge is -2.06. The Labute approximate surface area is 90.5 Å². The molecule has 0 bridgehead atoms. The molecule has 1 aromatic heterocycles. The largest absolute Gasteiger partial charge is 0.472 e. The Morgan fingerprint density at radius 1 is 0.938 bits per heavy atom. The first-order valence-corrected chi connectivity index (χ1v) is 4.73. The van der Waals surface area contributed by atoms with Crippen LogP contribution in [0.3, 0.4) is 0 Å². The van der Waals surface area contributed by atoms with E-state index < -0.39 is 11.7 Å². The van der Waals surface area contributed by atoms with Gasteiger partial charge in [-0.3, -0.25) is 0 Å². The van der Waals surface area contributed by atoms with Crippen LogP contribution in [0, 0.1) is 0 Å². The number of alkyl halides is 3. The third-order valence-electron chi connectivity index (χ3n) is 2.27. The zero-order valence-corrected chi connectivity index (χ0v) is 8.29. The van der Waals surface area contributed by atoms with Crippen LogP contribution in [0.5, 0.6) is 0 Å². The van der Waals surface area contributed by atoms with Crippen LogP contribution in [0.25, 0.3) is 0 Å². The fourth-order valence-corrected chi connectivity index (χ4v) is 1.44. The molecule has 0 atom stereocenters. The molecule has 0 amide bonds. The molecular formula is C12H9F3O. The van der Waals surface area contributed by atoms with Gasteiger partial charge in [0.2, 0.25) is 0 Å². The quantitative estimate of drug-likeness (QED) is 0.757. The molecule has 0 spiro atoms. The Kier molecular flexibility index (Phi) is 2.73. The summed E-state index contributed by atoms with van der Waals surface area (Å²) in [6, 6.07) is 6.94. The van der Waals surface area contributed by atoms with Gasteiger partial charge in [0.1, 0.15) is 0 Å². The molecule has 0 saturated carbocycles. The highest BCUT2D eigenvalue weighted by atomic mass is 19.4. The molecule has 0 aliphatic carbocycles. The molecule has 1 heterocycles. The van der Waals surface area contributed by atoms with Crippen LogP contribution >= 0.6 is 0 Å². The van der Waals surface area contributed by atoms with Crippen LogP contribution in [-0.4, -0.2) is 0 Å². The highest BCUT2D eigenvalue weighted by Crippen LogP contribution is 2.29. The smallest absolute Gasteiger partial charge is 0.416 e. The van der Waals surface area contributed by atoms with Gasteiger partial charge < -0.3 is 4.42 Å². The summed E-state index contributed by atoms with van der Waals surface area (Å²) in [7, 11) is 0. The Hall–Kier alpha value is -1.71. The normalized spacial score (nSPS) is 11.7. The zero-order valence-electron chi connectivity index (χ0n) is 8.29. The van der Waals surface area contributed by atoms with Gasteiger partial charge in [-0.2, -0.15) is 13.2 Å². The molecule has 1 nitrogen and oxygen atoms in total. The van der Waals surface area contributed by atoms with Gasteiger partial charge in [0.15, 0.2) is 0 Å². The minimum Gasteiger partial charge on any atom is -0.472 e. The Bertz CT molecular complexity index is 440. The molecule has 0 radical (unpaired) electrons. The van der Waals surface area contributed by atoms with Crippen molar-refractivity contribution in [3.8, 4) is 0 Å². The highest BCUT2D eigenvalue weighted by molar-refractivity contribution is 5.28. The monoisotopic (exact) mass is 226 g/mol. The van der Waals surface area contributed by atoms with Crippen molar-refractivity contribution >= 4 is 0 Å². The van der Waals surface area contributed by atoms with Crippen molar-refractivity contribution in [2.75, 3.05) is 0 Å². The minimum atomic E-state index is -4.27. The van der Waals surface area contributed by atoms with Gasteiger partial charge >= 0.3 is 6.18 Å². The average Bonchev–Trinajstić information content (AvgIpc) is 2.70. The maximum atomic E-state index is 12.3. The highest BCUT2D eigenvalue weighted by Gasteiger charge is 2.29. The van der Waals surface area contributed by atoms with E-state index in [1.165, 1.54) is 12.1 Å². The first-order valence-electron chi connectivity index (χ1n) is 4.73. The van der Waals surface area contributed by atoms with Crippen LogP contribution in [0.1, 0.15) is 16.7 Å². The molecule has 0 unspecified atom stereocenters. The number of hydrogen-bond donors (Lipinski definition) is 0. The topological polar surface area (TPSA) is 13.1 Å². The Balaban J connectivity index is 2.14. The number of benzene rings is 1. The zero-order chi connectivity index (χ0) is 11.6. The van der Waals surface area contributed by atoms with Crippen LogP contribution in [-0.2, 0) is 12.6 Å². The first-order chi connectivity index (χ1) is 7.55. The van der Waals surface area contributed by atoms with E-state index in [-0.39, 0.29) is 0 Å². The van der Waals surface area contributed by atoms with Crippen molar-refractivity contribution in [3.63, 3.8) is 0 Å². The second kappa shape index (κ2) is 4.04. The molecule has 0 saturated heterocycles. The number of furan rings is 1. The first kappa shape index (κ1) is 10.8. The van der Waals surface area contributed by atoms with Gasteiger partial charge in [-0.25, -0.2) is 0 Å². The molecule has 2 rings (SSSR count). The van der Waals surface area contributed by atoms with Crippen molar-refractivity contribution < 1.29 is 17.6 Å². The van der Waals surface area contributed by atoms with Gasteiger partial charge in [0, 0.05) is 6.42 Å². The summed E-state index contributed by atoms with van der Waals surface area (Å²) in [5.41, 5.74) is 1.15. The Morgan fingerprint density at radius 3 is 2.12 bits per heavy atom. The maximum absolute atomic E-state index is 12.3. The van der Waals surface area contributed by atoms with Crippen molar-refractivity contribution in [2.45, 2.75) is 12.6 Å². The third-order valence-corrected chi connectivity index (χ3v) is 2.27. The second-order valence-electron chi connectivity index (χ2n) is 3.50. The predicted molar refractivity (Wildman–Crippen MR) is 53.0 cm³/mol. The lowest BCUT2D eigenvalue weighted by atomic mass is 10.1. The van der Waals surface area contributed by atoms with E-state index in [1.54, 1.807) is 18.6 Å². The van der Waals surface area contributed by atoms with E-state index in [4.69, 9.17) is 4.42 Å². The third kappa shape index (κ3) is 2.45. The van der Waals surface area contributed by atoms with Crippen molar-refractivity contribution in [1.29, 1.82) is 0 Å². The van der Waals surface area contributed by atoms with Crippen molar-refractivity contribution in [2.24, 2.45) is 0 Å². The molecular weight excluding hydrogens is 217 g/mol. The standard InChI is InChI=1S/C12H9F3O/c13-12(14,15)11-3-1-9(2-4-11)7-10-5-6-16-8-10/h1-6,8H,7H2. The molecule has 16 heavy (non-hydrogen) atoms. The molecule has 84 valence electrons. The summed E-state index contributed by atoms with van der Waals surface area (Å²) in [5.74, 6) is 0. The van der Waals surface area contributed by atoms with E-state index in [0.717, 1.165) is 23.3 Å². The summed E-state index contributed by atoms with van der Waals surface area (Å²) < 4.78 is 41.7. The number of halogens is 3. The van der Waals surface area contributed by atoms with Crippen LogP contribution in [0.4, 0.5) is 13.2 Å². The van der Waals surface area contributed by atoms with Crippen LogP contribution < -0.4 is 0 Å². The summed E-state index contributed by atoms with van der Waals surface area (Å²) in [6.45, 7) is 0. The van der Waals surface area contributed by atoms with Crippen LogP contribution in [0.2, 0.25) is 0 Å². The fourth-order valence-electron chi connectivity index (χ4n) is 1.44. The summed E-state index contributed by atoms with van der Waals surface area (Å²) in [6.07, 6.45) is -0.570. The molecule has 1 aromatic carbocycles. The lowest BCUT2D eigenvalue weighted by Crippen LogP contribution is -2.04. The van der Waals surface area contributed by atoms with E-state index >= 15 is 0 Å². The van der Waals surface area contributed by atoms with E-state index in [1.807, 2.05) is 0 Å². The number of rotatable bonds is 2. The minimum absolute atomic E-state index is 0.578. The Morgan fingerprint density at radius 2 is 1.62 bits per heavy atom. The predicted octanol–water partition coefficient (Wildman–Crippen LogP) is 3.89. The molecule has 0 N–H and O–H groups in total. The van der Waals surface area contributed by atoms with Gasteiger partial charge in [0.05, 0.1) is 18.1 Å². The van der Waals surface area contributed by atoms with Gasteiger partial charge in [-0.1, -0.05) is 12.1 Å². The van der Waals surface area contributed by atoms with E-state index in [0.29, 0.717) is 6.42 Å².